The molecule has 0 aliphatic heterocycles. The molecule has 3 heteroatoms. The third kappa shape index (κ3) is 3.44. The largest absolute Gasteiger partial charge is 0.326 e. The fraction of sp³-hybridized carbons (Fsp3) is 0.500. The van der Waals surface area contributed by atoms with E-state index in [1.807, 2.05) is 12.1 Å². The summed E-state index contributed by atoms with van der Waals surface area (Å²) in [6, 6.07) is 4.00. The zero-order valence-corrected chi connectivity index (χ0v) is 9.75. The second-order valence-corrected chi connectivity index (χ2v) is 4.88. The molecule has 0 bridgehead atoms. The number of aliphatic imine (C=N–C) groups is 1. The van der Waals surface area contributed by atoms with Gasteiger partial charge in [-0.3, -0.25) is 0 Å². The predicted octanol–water partition coefficient (Wildman–Crippen LogP) is 2.46. The monoisotopic (exact) mass is 205 g/mol. The molecule has 2 N–H and O–H groups in total. The van der Waals surface area contributed by atoms with Gasteiger partial charge in [0.05, 0.1) is 0 Å². The lowest BCUT2D eigenvalue weighted by molar-refractivity contribution is 0.406. The number of nitrogens with two attached hydrogens (primary N) is 1. The molecule has 0 aliphatic carbocycles. The smallest absolute Gasteiger partial charge is 0.155 e. The molecule has 0 unspecified atom stereocenters. The fourth-order valence-corrected chi connectivity index (χ4v) is 1.45. The molecule has 0 saturated carbocycles. The summed E-state index contributed by atoms with van der Waals surface area (Å²) in [5.41, 5.74) is 7.80. The van der Waals surface area contributed by atoms with Crippen molar-refractivity contribution < 1.29 is 0 Å². The molecule has 3 nitrogen and oxygen atoms in total. The minimum Gasteiger partial charge on any atom is -0.326 e. The van der Waals surface area contributed by atoms with Crippen LogP contribution in [0.15, 0.2) is 17.1 Å². The van der Waals surface area contributed by atoms with Gasteiger partial charge >= 0.3 is 0 Å². The zero-order valence-electron chi connectivity index (χ0n) is 9.75. The van der Waals surface area contributed by atoms with Crippen LogP contribution in [0.4, 0.5) is 5.82 Å². The fourth-order valence-electron chi connectivity index (χ4n) is 1.45. The summed E-state index contributed by atoms with van der Waals surface area (Å²) in [5.74, 6) is 0.666. The van der Waals surface area contributed by atoms with Crippen LogP contribution in [0.1, 0.15) is 32.0 Å². The van der Waals surface area contributed by atoms with Crippen LogP contribution in [0.3, 0.4) is 0 Å². The lowest BCUT2D eigenvalue weighted by Crippen LogP contribution is -2.11. The van der Waals surface area contributed by atoms with Gasteiger partial charge in [-0.2, -0.15) is 0 Å². The molecule has 0 spiro atoms. The summed E-state index contributed by atoms with van der Waals surface area (Å²) in [7, 11) is 0. The zero-order chi connectivity index (χ0) is 11.5. The van der Waals surface area contributed by atoms with E-state index in [9.17, 15) is 0 Å². The summed E-state index contributed by atoms with van der Waals surface area (Å²) >= 11 is 0. The van der Waals surface area contributed by atoms with E-state index in [1.165, 1.54) is 0 Å². The maximum Gasteiger partial charge on any atom is 0.155 e. The number of pyridine rings is 1. The van der Waals surface area contributed by atoms with E-state index in [0.717, 1.165) is 17.7 Å². The van der Waals surface area contributed by atoms with E-state index >= 15 is 0 Å². The standard InChI is InChI=1S/C12H19N3/c1-12(2,3)7-10-6-5-9(8-13)11(14-4)15-10/h5-6H,4,7-8,13H2,1-3H3. The van der Waals surface area contributed by atoms with Gasteiger partial charge < -0.3 is 5.73 Å². The number of hydrogen-bond acceptors (Lipinski definition) is 3. The van der Waals surface area contributed by atoms with Crippen molar-refractivity contribution in [3.63, 3.8) is 0 Å². The van der Waals surface area contributed by atoms with Crippen molar-refractivity contribution >= 4 is 12.5 Å². The van der Waals surface area contributed by atoms with E-state index < -0.39 is 0 Å². The highest BCUT2D eigenvalue weighted by atomic mass is 14.9. The molecule has 0 amide bonds. The maximum absolute atomic E-state index is 5.58. The maximum atomic E-state index is 5.58. The van der Waals surface area contributed by atoms with Crippen LogP contribution in [-0.4, -0.2) is 11.7 Å². The first-order valence-electron chi connectivity index (χ1n) is 5.12. The van der Waals surface area contributed by atoms with Crippen LogP contribution < -0.4 is 5.73 Å². The van der Waals surface area contributed by atoms with Crippen molar-refractivity contribution in [2.75, 3.05) is 0 Å². The molecule has 0 aliphatic rings. The lowest BCUT2D eigenvalue weighted by Gasteiger charge is -2.17. The highest BCUT2D eigenvalue weighted by molar-refractivity contribution is 5.46. The molecule has 1 heterocycles. The van der Waals surface area contributed by atoms with Gasteiger partial charge in [0.1, 0.15) is 0 Å². The SMILES string of the molecule is C=Nc1nc(CC(C)(C)C)ccc1CN. The third-order valence-electron chi connectivity index (χ3n) is 2.09. The molecule has 0 saturated heterocycles. The minimum absolute atomic E-state index is 0.232. The van der Waals surface area contributed by atoms with Crippen LogP contribution in [0.2, 0.25) is 0 Å². The van der Waals surface area contributed by atoms with Gasteiger partial charge in [-0.25, -0.2) is 9.98 Å². The van der Waals surface area contributed by atoms with Crippen LogP contribution >= 0.6 is 0 Å². The molecular weight excluding hydrogens is 186 g/mol. The molecule has 0 aromatic carbocycles. The Hall–Kier alpha value is -1.22. The summed E-state index contributed by atoms with van der Waals surface area (Å²) in [5, 5.41) is 0. The Labute approximate surface area is 91.4 Å². The molecule has 0 atom stereocenters. The average Bonchev–Trinajstić information content (AvgIpc) is 2.15. The van der Waals surface area contributed by atoms with Crippen molar-refractivity contribution in [2.45, 2.75) is 33.7 Å². The van der Waals surface area contributed by atoms with Crippen LogP contribution in [0.5, 0.6) is 0 Å². The molecule has 1 aromatic rings. The van der Waals surface area contributed by atoms with E-state index in [4.69, 9.17) is 5.73 Å². The quantitative estimate of drug-likeness (QED) is 0.771. The Morgan fingerprint density at radius 3 is 2.53 bits per heavy atom. The highest BCUT2D eigenvalue weighted by Crippen LogP contribution is 2.22. The Kier molecular flexibility index (Phi) is 3.58. The summed E-state index contributed by atoms with van der Waals surface area (Å²) in [4.78, 5) is 8.33. The molecule has 1 aromatic heterocycles. The second kappa shape index (κ2) is 4.53. The van der Waals surface area contributed by atoms with E-state index in [1.54, 1.807) is 0 Å². The van der Waals surface area contributed by atoms with Crippen molar-refractivity contribution in [2.24, 2.45) is 16.1 Å². The highest BCUT2D eigenvalue weighted by Gasteiger charge is 2.13. The minimum atomic E-state index is 0.232. The summed E-state index contributed by atoms with van der Waals surface area (Å²) in [6.45, 7) is 10.5. The molecule has 1 rings (SSSR count). The van der Waals surface area contributed by atoms with Gasteiger partial charge in [0, 0.05) is 17.8 Å². The topological polar surface area (TPSA) is 51.3 Å². The molecular formula is C12H19N3. The van der Waals surface area contributed by atoms with Crippen LogP contribution in [-0.2, 0) is 13.0 Å². The van der Waals surface area contributed by atoms with Gasteiger partial charge in [-0.05, 0) is 24.6 Å². The Morgan fingerprint density at radius 1 is 1.40 bits per heavy atom. The Bertz CT molecular complexity index is 350. The van der Waals surface area contributed by atoms with Crippen molar-refractivity contribution in [3.05, 3.63) is 23.4 Å². The number of aromatic nitrogens is 1. The van der Waals surface area contributed by atoms with E-state index in [2.05, 4.69) is 37.5 Å². The van der Waals surface area contributed by atoms with Crippen LogP contribution in [0.25, 0.3) is 0 Å². The third-order valence-corrected chi connectivity index (χ3v) is 2.09. The van der Waals surface area contributed by atoms with Gasteiger partial charge in [0.2, 0.25) is 0 Å². The average molecular weight is 205 g/mol. The van der Waals surface area contributed by atoms with Gasteiger partial charge in [0.25, 0.3) is 0 Å². The molecule has 0 radical (unpaired) electrons. The number of rotatable bonds is 3. The Balaban J connectivity index is 2.98. The second-order valence-electron chi connectivity index (χ2n) is 4.88. The van der Waals surface area contributed by atoms with Crippen molar-refractivity contribution in [1.29, 1.82) is 0 Å². The number of nitrogens with zero attached hydrogens (tertiary/aromatic N) is 2. The first-order valence-corrected chi connectivity index (χ1v) is 5.12. The van der Waals surface area contributed by atoms with Crippen molar-refractivity contribution in [3.8, 4) is 0 Å². The van der Waals surface area contributed by atoms with Crippen LogP contribution in [0, 0.1) is 5.41 Å². The summed E-state index contributed by atoms with van der Waals surface area (Å²) < 4.78 is 0. The Morgan fingerprint density at radius 2 is 2.07 bits per heavy atom. The molecule has 15 heavy (non-hydrogen) atoms. The van der Waals surface area contributed by atoms with E-state index in [-0.39, 0.29) is 5.41 Å². The van der Waals surface area contributed by atoms with Gasteiger partial charge in [0.15, 0.2) is 5.82 Å². The number of hydrogen-bond donors (Lipinski definition) is 1. The summed E-state index contributed by atoms with van der Waals surface area (Å²) in [6.07, 6.45) is 0.931. The van der Waals surface area contributed by atoms with Crippen molar-refractivity contribution in [1.82, 2.24) is 4.98 Å². The normalized spacial score (nSPS) is 11.5. The predicted molar refractivity (Wildman–Crippen MR) is 64.5 cm³/mol. The molecule has 82 valence electrons. The van der Waals surface area contributed by atoms with E-state index in [0.29, 0.717) is 12.4 Å². The van der Waals surface area contributed by atoms with Gasteiger partial charge in [-0.1, -0.05) is 26.8 Å². The first-order chi connectivity index (χ1) is 6.96. The van der Waals surface area contributed by atoms with Gasteiger partial charge in [-0.15, -0.1) is 0 Å². The lowest BCUT2D eigenvalue weighted by atomic mass is 9.90. The first kappa shape index (κ1) is 11.9. The molecule has 0 fully saturated rings.